The number of aliphatic carboxylic acids is 1. The first kappa shape index (κ1) is 32.6. The van der Waals surface area contributed by atoms with Gasteiger partial charge in [-0.2, -0.15) is 0 Å². The molecule has 5 rings (SSSR count). The largest absolute Gasteiger partial charge is 0.478 e. The zero-order valence-electron chi connectivity index (χ0n) is 26.9. The number of ketones is 2. The number of carbonyl (C=O) groups excluding carboxylic acids is 2. The number of hydrogen-bond donors (Lipinski definition) is 6. The lowest BCUT2D eigenvalue weighted by Gasteiger charge is -2.63. The van der Waals surface area contributed by atoms with Crippen molar-refractivity contribution in [2.24, 2.45) is 61.3 Å². The fourth-order valence-corrected chi connectivity index (χ4v) is 10.8. The van der Waals surface area contributed by atoms with Crippen LogP contribution in [0, 0.1) is 44.8 Å². The summed E-state index contributed by atoms with van der Waals surface area (Å²) in [5, 5.41) is 45.1. The molecule has 10 nitrogen and oxygen atoms in total. The number of carboxylic acids is 1. The highest BCUT2D eigenvalue weighted by molar-refractivity contribution is 6.01. The van der Waals surface area contributed by atoms with Gasteiger partial charge in [-0.3, -0.25) is 9.59 Å². The van der Waals surface area contributed by atoms with Crippen LogP contribution in [0.3, 0.4) is 0 Å². The molecule has 1 spiro atoms. The van der Waals surface area contributed by atoms with Crippen LogP contribution in [0.25, 0.3) is 0 Å². The van der Waals surface area contributed by atoms with Gasteiger partial charge in [-0.1, -0.05) is 53.7 Å². The van der Waals surface area contributed by atoms with Gasteiger partial charge in [0.15, 0.2) is 11.7 Å². The molecular weight excluding hydrogens is 562 g/mol. The average molecular weight is 612 g/mol. The Bertz CT molecular complexity index is 1430. The normalized spacial score (nSPS) is 45.5. The van der Waals surface area contributed by atoms with E-state index in [-0.39, 0.29) is 41.9 Å². The van der Waals surface area contributed by atoms with Crippen molar-refractivity contribution < 1.29 is 34.8 Å². The number of carbonyl (C=O) groups is 3. The number of Topliss-reactive ketones (excluding diaryl/α,β-unsaturated/α-hetero) is 2. The van der Waals surface area contributed by atoms with Crippen LogP contribution in [-0.2, 0) is 14.4 Å². The molecule has 44 heavy (non-hydrogen) atoms. The van der Waals surface area contributed by atoms with E-state index in [1.54, 1.807) is 6.08 Å². The minimum atomic E-state index is -1.24. The Kier molecular flexibility index (Phi) is 7.47. The maximum atomic E-state index is 14.6. The molecular formula is C34H49N3O7. The maximum Gasteiger partial charge on any atom is 0.331 e. The van der Waals surface area contributed by atoms with E-state index in [0.717, 1.165) is 0 Å². The van der Waals surface area contributed by atoms with E-state index in [9.17, 15) is 34.8 Å². The lowest BCUT2D eigenvalue weighted by Crippen LogP contribution is -2.62. The first-order valence-corrected chi connectivity index (χ1v) is 15.8. The van der Waals surface area contributed by atoms with Crippen LogP contribution in [0.2, 0.25) is 0 Å². The Morgan fingerprint density at radius 2 is 1.77 bits per heavy atom. The number of fused-ring (bicyclic) bond motifs is 5. The van der Waals surface area contributed by atoms with Gasteiger partial charge in [-0.05, 0) is 55.1 Å². The molecule has 0 saturated heterocycles. The van der Waals surface area contributed by atoms with Crippen molar-refractivity contribution >= 4 is 23.5 Å². The van der Waals surface area contributed by atoms with Gasteiger partial charge in [0.1, 0.15) is 5.78 Å². The molecule has 2 saturated carbocycles. The Balaban J connectivity index is 1.70. The lowest BCUT2D eigenvalue weighted by atomic mass is 9.40. The summed E-state index contributed by atoms with van der Waals surface area (Å²) in [4.78, 5) is 43.6. The Hall–Kier alpha value is -2.82. The van der Waals surface area contributed by atoms with E-state index < -0.39 is 69.2 Å². The molecule has 10 heteroatoms. The molecule has 0 aromatic heterocycles. The highest BCUT2D eigenvalue weighted by Crippen LogP contribution is 2.76. The number of aliphatic hydroxyl groups is 3. The minimum absolute atomic E-state index is 0.0242. The van der Waals surface area contributed by atoms with Crippen molar-refractivity contribution in [2.75, 3.05) is 0 Å². The highest BCUT2D eigenvalue weighted by atomic mass is 16.4. The molecule has 0 aromatic carbocycles. The molecule has 0 aromatic rings. The number of allylic oxidation sites excluding steroid dienone is 2. The quantitative estimate of drug-likeness (QED) is 0.120. The molecule has 0 radical (unpaired) electrons. The van der Waals surface area contributed by atoms with Gasteiger partial charge in [-0.15, -0.1) is 0 Å². The smallest absolute Gasteiger partial charge is 0.331 e. The first-order valence-electron chi connectivity index (χ1n) is 15.8. The van der Waals surface area contributed by atoms with Crippen molar-refractivity contribution in [1.29, 1.82) is 0 Å². The van der Waals surface area contributed by atoms with Crippen LogP contribution in [0.15, 0.2) is 39.9 Å². The first-order chi connectivity index (χ1) is 20.2. The van der Waals surface area contributed by atoms with Gasteiger partial charge >= 0.3 is 5.97 Å². The third-order valence-corrected chi connectivity index (χ3v) is 13.4. The van der Waals surface area contributed by atoms with E-state index in [1.165, 1.54) is 13.0 Å². The SMILES string of the molecule is CC(=CC(O)C1C(N=C(N)N)C=CC2(CC(O)C3(C)C4=C(C(=O)CC23C)C2(C)CCC(=O)C(C)(C)C2CC4O)C1C)C(=O)O. The third kappa shape index (κ3) is 4.02. The molecule has 0 aliphatic heterocycles. The highest BCUT2D eigenvalue weighted by Gasteiger charge is 2.75. The van der Waals surface area contributed by atoms with E-state index in [0.29, 0.717) is 30.4 Å². The number of nitrogens with zero attached hydrogens (tertiary/aromatic N) is 1. The monoisotopic (exact) mass is 611 g/mol. The number of guanidine groups is 1. The molecule has 0 amide bonds. The number of aliphatic imine (C=N–C) groups is 1. The third-order valence-electron chi connectivity index (χ3n) is 13.4. The predicted molar refractivity (Wildman–Crippen MR) is 165 cm³/mol. The van der Waals surface area contributed by atoms with Gasteiger partial charge in [0.2, 0.25) is 0 Å². The molecule has 5 aliphatic carbocycles. The molecule has 11 unspecified atom stereocenters. The van der Waals surface area contributed by atoms with Crippen molar-refractivity contribution in [3.63, 3.8) is 0 Å². The summed E-state index contributed by atoms with van der Waals surface area (Å²) in [5.74, 6) is -2.57. The molecule has 0 bridgehead atoms. The number of hydrogen-bond acceptors (Lipinski definition) is 7. The number of rotatable bonds is 4. The fraction of sp³-hybridized carbons (Fsp3) is 0.706. The Morgan fingerprint density at radius 1 is 1.14 bits per heavy atom. The van der Waals surface area contributed by atoms with Gasteiger partial charge in [0.25, 0.3) is 0 Å². The van der Waals surface area contributed by atoms with Crippen LogP contribution in [0.5, 0.6) is 0 Å². The average Bonchev–Trinajstić information content (AvgIpc) is 3.08. The van der Waals surface area contributed by atoms with Crippen LogP contribution in [-0.4, -0.2) is 68.3 Å². The molecule has 0 heterocycles. The van der Waals surface area contributed by atoms with E-state index in [4.69, 9.17) is 11.5 Å². The number of aliphatic hydroxyl groups excluding tert-OH is 3. The summed E-state index contributed by atoms with van der Waals surface area (Å²) in [6.07, 6.45) is 3.48. The van der Waals surface area contributed by atoms with Crippen molar-refractivity contribution in [3.8, 4) is 0 Å². The predicted octanol–water partition coefficient (Wildman–Crippen LogP) is 2.65. The molecule has 242 valence electrons. The summed E-state index contributed by atoms with van der Waals surface area (Å²) >= 11 is 0. The van der Waals surface area contributed by atoms with Crippen LogP contribution >= 0.6 is 0 Å². The van der Waals surface area contributed by atoms with Crippen LogP contribution < -0.4 is 11.5 Å². The maximum absolute atomic E-state index is 14.6. The van der Waals surface area contributed by atoms with Crippen LogP contribution in [0.4, 0.5) is 0 Å². The number of nitrogens with two attached hydrogens (primary N) is 2. The van der Waals surface area contributed by atoms with Crippen molar-refractivity contribution in [1.82, 2.24) is 0 Å². The molecule has 5 aliphatic rings. The van der Waals surface area contributed by atoms with E-state index in [2.05, 4.69) is 11.9 Å². The second-order valence-corrected chi connectivity index (χ2v) is 15.5. The summed E-state index contributed by atoms with van der Waals surface area (Å²) in [6, 6.07) is -0.669. The van der Waals surface area contributed by atoms with Crippen LogP contribution in [0.1, 0.15) is 80.6 Å². The zero-order valence-corrected chi connectivity index (χ0v) is 26.9. The zero-order chi connectivity index (χ0) is 32.9. The number of carboxylic acid groups (broad SMARTS) is 1. The second kappa shape index (κ2) is 10.1. The lowest BCUT2D eigenvalue weighted by molar-refractivity contribution is -0.148. The van der Waals surface area contributed by atoms with E-state index in [1.807, 2.05) is 40.7 Å². The topological polar surface area (TPSA) is 197 Å². The summed E-state index contributed by atoms with van der Waals surface area (Å²) < 4.78 is 0. The van der Waals surface area contributed by atoms with Gasteiger partial charge in [0.05, 0.1) is 24.4 Å². The van der Waals surface area contributed by atoms with Gasteiger partial charge in [-0.25, -0.2) is 9.79 Å². The Morgan fingerprint density at radius 3 is 2.36 bits per heavy atom. The molecule has 2 fully saturated rings. The Labute approximate surface area is 259 Å². The van der Waals surface area contributed by atoms with Gasteiger partial charge in [0, 0.05) is 51.6 Å². The van der Waals surface area contributed by atoms with E-state index >= 15 is 0 Å². The van der Waals surface area contributed by atoms with Crippen molar-refractivity contribution in [2.45, 2.75) is 105 Å². The second-order valence-electron chi connectivity index (χ2n) is 15.5. The standard InChI is InChI=1S/C34H49N3O7/c1-16(28(43)44)12-19(38)25-17(2)34(11-8-18(25)37-29(35)36)15-24(42)33(7)27-20(39)13-22-30(3,4)23(41)9-10-31(22,5)26(27)21(40)14-32(33,34)6/h8,11-12,17-20,22,24-25,38-39,42H,9-10,13-15H2,1-7H3,(H,43,44)(H4,35,36,37). The van der Waals surface area contributed by atoms with Gasteiger partial charge < -0.3 is 31.9 Å². The van der Waals surface area contributed by atoms with Crippen molar-refractivity contribution in [3.05, 3.63) is 34.9 Å². The fourth-order valence-electron chi connectivity index (χ4n) is 10.8. The summed E-state index contributed by atoms with van der Waals surface area (Å²) in [7, 11) is 0. The molecule has 11 atom stereocenters. The minimum Gasteiger partial charge on any atom is -0.478 e. The molecule has 8 N–H and O–H groups in total. The summed E-state index contributed by atoms with van der Waals surface area (Å²) in [6.45, 7) is 13.2. The summed E-state index contributed by atoms with van der Waals surface area (Å²) in [5.41, 5.74) is 8.64.